The molecule has 1 aliphatic rings. The third kappa shape index (κ3) is 1.56. The number of aliphatic carboxylic acids is 1. The van der Waals surface area contributed by atoms with Gasteiger partial charge in [-0.05, 0) is 18.6 Å². The minimum atomic E-state index is -0.956. The van der Waals surface area contributed by atoms with Crippen LogP contribution in [0.15, 0.2) is 18.2 Å². The minimum Gasteiger partial charge on any atom is -0.480 e. The van der Waals surface area contributed by atoms with Gasteiger partial charge in [-0.1, -0.05) is 17.7 Å². The van der Waals surface area contributed by atoms with E-state index >= 15 is 0 Å². The van der Waals surface area contributed by atoms with Crippen molar-refractivity contribution >= 4 is 11.9 Å². The quantitative estimate of drug-likeness (QED) is 0.768. The number of fused-ring (bicyclic) bond motifs is 1. The van der Waals surface area contributed by atoms with E-state index in [1.165, 1.54) is 11.9 Å². The number of carboxylic acids is 1. The SMILES string of the molecule is Cc1ccc2c(c1)C(=O)N(C)C(C(=O)O)C2. The summed E-state index contributed by atoms with van der Waals surface area (Å²) in [5, 5.41) is 9.01. The monoisotopic (exact) mass is 219 g/mol. The highest BCUT2D eigenvalue weighted by molar-refractivity contribution is 5.99. The fourth-order valence-corrected chi connectivity index (χ4v) is 2.00. The number of carbonyl (C=O) groups excluding carboxylic acids is 1. The molecule has 84 valence electrons. The van der Waals surface area contributed by atoms with Gasteiger partial charge in [0, 0.05) is 19.0 Å². The van der Waals surface area contributed by atoms with E-state index in [2.05, 4.69) is 0 Å². The lowest BCUT2D eigenvalue weighted by Crippen LogP contribution is -2.47. The molecule has 1 amide bonds. The second-order valence-corrected chi connectivity index (χ2v) is 4.13. The van der Waals surface area contributed by atoms with E-state index < -0.39 is 12.0 Å². The molecule has 0 bridgehead atoms. The minimum absolute atomic E-state index is 0.211. The molecule has 1 aliphatic heterocycles. The number of likely N-dealkylation sites (N-methyl/N-ethyl adjacent to an activating group) is 1. The first kappa shape index (κ1) is 10.7. The Labute approximate surface area is 93.5 Å². The summed E-state index contributed by atoms with van der Waals surface area (Å²) in [6, 6.07) is 4.80. The number of carbonyl (C=O) groups is 2. The second-order valence-electron chi connectivity index (χ2n) is 4.13. The topological polar surface area (TPSA) is 57.6 Å². The van der Waals surface area contributed by atoms with Crippen LogP contribution in [0.3, 0.4) is 0 Å². The largest absolute Gasteiger partial charge is 0.480 e. The normalized spacial score (nSPS) is 19.5. The van der Waals surface area contributed by atoms with Gasteiger partial charge in [-0.15, -0.1) is 0 Å². The molecule has 4 nitrogen and oxygen atoms in total. The molecule has 1 unspecified atom stereocenters. The van der Waals surface area contributed by atoms with Gasteiger partial charge >= 0.3 is 5.97 Å². The van der Waals surface area contributed by atoms with Crippen molar-refractivity contribution in [1.82, 2.24) is 4.90 Å². The van der Waals surface area contributed by atoms with Crippen LogP contribution in [0.1, 0.15) is 21.5 Å². The molecule has 1 aromatic rings. The van der Waals surface area contributed by atoms with Crippen molar-refractivity contribution in [3.63, 3.8) is 0 Å². The Morgan fingerprint density at radius 1 is 1.50 bits per heavy atom. The first-order valence-corrected chi connectivity index (χ1v) is 5.10. The number of amides is 1. The molecule has 0 saturated carbocycles. The molecule has 0 fully saturated rings. The maximum absolute atomic E-state index is 11.9. The van der Waals surface area contributed by atoms with Crippen molar-refractivity contribution in [3.05, 3.63) is 34.9 Å². The summed E-state index contributed by atoms with van der Waals surface area (Å²) < 4.78 is 0. The summed E-state index contributed by atoms with van der Waals surface area (Å²) in [7, 11) is 1.53. The first-order chi connectivity index (χ1) is 7.50. The van der Waals surface area contributed by atoms with Crippen molar-refractivity contribution in [2.75, 3.05) is 7.05 Å². The smallest absolute Gasteiger partial charge is 0.326 e. The fourth-order valence-electron chi connectivity index (χ4n) is 2.00. The number of hydrogen-bond acceptors (Lipinski definition) is 2. The van der Waals surface area contributed by atoms with Gasteiger partial charge in [0.25, 0.3) is 5.91 Å². The zero-order valence-electron chi connectivity index (χ0n) is 9.23. The van der Waals surface area contributed by atoms with Gasteiger partial charge in [0.05, 0.1) is 0 Å². The van der Waals surface area contributed by atoms with Crippen LogP contribution in [-0.2, 0) is 11.2 Å². The Kier molecular flexibility index (Phi) is 2.42. The number of hydrogen-bond donors (Lipinski definition) is 1. The van der Waals surface area contributed by atoms with Crippen molar-refractivity contribution in [3.8, 4) is 0 Å². The van der Waals surface area contributed by atoms with Crippen LogP contribution < -0.4 is 0 Å². The van der Waals surface area contributed by atoms with Gasteiger partial charge in [-0.25, -0.2) is 4.79 Å². The Hall–Kier alpha value is -1.84. The lowest BCUT2D eigenvalue weighted by Gasteiger charge is -2.31. The summed E-state index contributed by atoms with van der Waals surface area (Å²) in [6.45, 7) is 1.91. The lowest BCUT2D eigenvalue weighted by atomic mass is 9.92. The van der Waals surface area contributed by atoms with Gasteiger partial charge in [0.1, 0.15) is 6.04 Å². The van der Waals surface area contributed by atoms with Crippen molar-refractivity contribution in [2.24, 2.45) is 0 Å². The summed E-state index contributed by atoms with van der Waals surface area (Å²) >= 11 is 0. The standard InChI is InChI=1S/C12H13NO3/c1-7-3-4-8-6-10(12(15)16)13(2)11(14)9(8)5-7/h3-5,10H,6H2,1-2H3,(H,15,16). The summed E-state index contributed by atoms with van der Waals surface area (Å²) in [5.41, 5.74) is 2.45. The predicted molar refractivity (Wildman–Crippen MR) is 58.4 cm³/mol. The fraction of sp³-hybridized carbons (Fsp3) is 0.333. The Morgan fingerprint density at radius 3 is 2.81 bits per heavy atom. The average molecular weight is 219 g/mol. The molecule has 4 heteroatoms. The van der Waals surface area contributed by atoms with Crippen LogP contribution in [-0.4, -0.2) is 35.0 Å². The molecule has 1 heterocycles. The van der Waals surface area contributed by atoms with Crippen LogP contribution in [0.25, 0.3) is 0 Å². The van der Waals surface area contributed by atoms with E-state index in [1.807, 2.05) is 25.1 Å². The molecule has 2 rings (SSSR count). The van der Waals surface area contributed by atoms with E-state index in [0.717, 1.165) is 11.1 Å². The van der Waals surface area contributed by atoms with Gasteiger partial charge in [0.2, 0.25) is 0 Å². The van der Waals surface area contributed by atoms with Crippen molar-refractivity contribution in [2.45, 2.75) is 19.4 Å². The molecule has 16 heavy (non-hydrogen) atoms. The lowest BCUT2D eigenvalue weighted by molar-refractivity contribution is -0.142. The van der Waals surface area contributed by atoms with Crippen LogP contribution in [0.4, 0.5) is 0 Å². The molecule has 0 aliphatic carbocycles. The molecule has 0 radical (unpaired) electrons. The Bertz CT molecular complexity index is 467. The predicted octanol–water partition coefficient (Wildman–Crippen LogP) is 1.08. The molecule has 0 saturated heterocycles. The first-order valence-electron chi connectivity index (χ1n) is 5.10. The molecule has 0 spiro atoms. The van der Waals surface area contributed by atoms with Crippen LogP contribution in [0.5, 0.6) is 0 Å². The summed E-state index contributed by atoms with van der Waals surface area (Å²) in [6.07, 6.45) is 0.382. The highest BCUT2D eigenvalue weighted by Gasteiger charge is 2.33. The van der Waals surface area contributed by atoms with Crippen LogP contribution >= 0.6 is 0 Å². The summed E-state index contributed by atoms with van der Waals surface area (Å²) in [4.78, 5) is 24.2. The van der Waals surface area contributed by atoms with E-state index in [1.54, 1.807) is 0 Å². The molecule has 1 atom stereocenters. The average Bonchev–Trinajstić information content (AvgIpc) is 2.23. The van der Waals surface area contributed by atoms with Gasteiger partial charge in [-0.3, -0.25) is 4.79 Å². The van der Waals surface area contributed by atoms with Gasteiger partial charge in [0.15, 0.2) is 0 Å². The third-order valence-corrected chi connectivity index (χ3v) is 2.98. The number of nitrogens with zero attached hydrogens (tertiary/aromatic N) is 1. The van der Waals surface area contributed by atoms with Crippen LogP contribution in [0, 0.1) is 6.92 Å². The van der Waals surface area contributed by atoms with Crippen molar-refractivity contribution in [1.29, 1.82) is 0 Å². The Morgan fingerprint density at radius 2 is 2.19 bits per heavy atom. The van der Waals surface area contributed by atoms with Gasteiger partial charge < -0.3 is 10.0 Å². The number of carboxylic acid groups (broad SMARTS) is 1. The summed E-state index contributed by atoms with van der Waals surface area (Å²) in [5.74, 6) is -1.17. The maximum Gasteiger partial charge on any atom is 0.326 e. The number of rotatable bonds is 1. The number of aryl methyl sites for hydroxylation is 1. The molecule has 1 aromatic carbocycles. The number of benzene rings is 1. The highest BCUT2D eigenvalue weighted by Crippen LogP contribution is 2.23. The van der Waals surface area contributed by atoms with E-state index in [0.29, 0.717) is 12.0 Å². The Balaban J connectivity index is 2.48. The van der Waals surface area contributed by atoms with E-state index in [4.69, 9.17) is 5.11 Å². The highest BCUT2D eigenvalue weighted by atomic mass is 16.4. The molecule has 0 aromatic heterocycles. The molecule has 1 N–H and O–H groups in total. The van der Waals surface area contributed by atoms with Crippen LogP contribution in [0.2, 0.25) is 0 Å². The third-order valence-electron chi connectivity index (χ3n) is 2.98. The van der Waals surface area contributed by atoms with E-state index in [9.17, 15) is 9.59 Å². The molecular weight excluding hydrogens is 206 g/mol. The van der Waals surface area contributed by atoms with Gasteiger partial charge in [-0.2, -0.15) is 0 Å². The molecular formula is C12H13NO3. The second kappa shape index (κ2) is 3.63. The van der Waals surface area contributed by atoms with E-state index in [-0.39, 0.29) is 5.91 Å². The van der Waals surface area contributed by atoms with Crippen molar-refractivity contribution < 1.29 is 14.7 Å². The zero-order chi connectivity index (χ0) is 11.9. The maximum atomic E-state index is 11.9. The zero-order valence-corrected chi connectivity index (χ0v) is 9.23.